The predicted octanol–water partition coefficient (Wildman–Crippen LogP) is 2.72. The van der Waals surface area contributed by atoms with E-state index in [2.05, 4.69) is 9.72 Å². The molecule has 0 aliphatic heterocycles. The van der Waals surface area contributed by atoms with E-state index in [1.54, 1.807) is 12.1 Å². The van der Waals surface area contributed by atoms with E-state index in [1.807, 2.05) is 28.7 Å². The maximum absolute atomic E-state index is 11.4. The lowest BCUT2D eigenvalue weighted by Crippen LogP contribution is -2.04. The Hall–Kier alpha value is -2.34. The highest BCUT2D eigenvalue weighted by atomic mass is 127. The van der Waals surface area contributed by atoms with Crippen molar-refractivity contribution < 1.29 is 14.3 Å². The number of rotatable bonds is 3. The summed E-state index contributed by atoms with van der Waals surface area (Å²) in [6.07, 6.45) is 1.44. The molecule has 2 rings (SSSR count). The Morgan fingerprint density at radius 2 is 2.19 bits per heavy atom. The van der Waals surface area contributed by atoms with Crippen LogP contribution in [0, 0.1) is 14.9 Å². The first-order chi connectivity index (χ1) is 10.0. The molecule has 2 aromatic rings. The number of nitriles is 1. The van der Waals surface area contributed by atoms with E-state index >= 15 is 0 Å². The topological polar surface area (TPSA) is 98.2 Å². The number of hydrogen-bond acceptors (Lipinski definition) is 6. The zero-order valence-corrected chi connectivity index (χ0v) is 13.1. The van der Waals surface area contributed by atoms with Crippen molar-refractivity contribution in [1.82, 2.24) is 4.98 Å². The number of hydrogen-bond donors (Lipinski definition) is 1. The molecule has 106 valence electrons. The number of nitrogen functional groups attached to an aromatic ring is 1. The third kappa shape index (κ3) is 3.41. The van der Waals surface area contributed by atoms with Gasteiger partial charge in [0.2, 0.25) is 0 Å². The molecule has 0 atom stereocenters. The number of carbonyl (C=O) groups is 1. The van der Waals surface area contributed by atoms with Crippen molar-refractivity contribution in [1.29, 1.82) is 5.26 Å². The first kappa shape index (κ1) is 15.1. The quantitative estimate of drug-likeness (QED) is 0.488. The molecule has 7 heteroatoms. The van der Waals surface area contributed by atoms with Crippen molar-refractivity contribution in [2.75, 3.05) is 12.8 Å². The number of pyridine rings is 1. The number of ether oxygens (including phenoxy) is 2. The summed E-state index contributed by atoms with van der Waals surface area (Å²) in [5.41, 5.74) is 6.81. The van der Waals surface area contributed by atoms with E-state index in [-0.39, 0.29) is 5.69 Å². The summed E-state index contributed by atoms with van der Waals surface area (Å²) < 4.78 is 11.0. The van der Waals surface area contributed by atoms with Crippen LogP contribution in [0.2, 0.25) is 0 Å². The van der Waals surface area contributed by atoms with Gasteiger partial charge < -0.3 is 15.2 Å². The van der Waals surface area contributed by atoms with Crippen LogP contribution < -0.4 is 10.5 Å². The number of anilines is 1. The second-order valence-electron chi connectivity index (χ2n) is 3.96. The van der Waals surface area contributed by atoms with E-state index in [9.17, 15) is 4.79 Å². The number of benzene rings is 1. The molecule has 0 saturated carbocycles. The van der Waals surface area contributed by atoms with Crippen LogP contribution in [0.4, 0.5) is 5.69 Å². The summed E-state index contributed by atoms with van der Waals surface area (Å²) in [6, 6.07) is 8.26. The SMILES string of the molecule is COC(=O)c1cc(Oc2c(N)cc(C#N)cc2I)ccn1. The number of carbonyl (C=O) groups excluding carboxylic acids is 1. The fourth-order valence-electron chi connectivity index (χ4n) is 1.60. The van der Waals surface area contributed by atoms with Gasteiger partial charge in [-0.05, 0) is 40.8 Å². The summed E-state index contributed by atoms with van der Waals surface area (Å²) in [7, 11) is 1.28. The van der Waals surface area contributed by atoms with Crippen molar-refractivity contribution in [2.24, 2.45) is 0 Å². The molecule has 6 nitrogen and oxygen atoms in total. The van der Waals surface area contributed by atoms with Crippen molar-refractivity contribution in [3.05, 3.63) is 45.3 Å². The van der Waals surface area contributed by atoms with Crippen LogP contribution in [0.15, 0.2) is 30.5 Å². The largest absolute Gasteiger partial charge is 0.464 e. The summed E-state index contributed by atoms with van der Waals surface area (Å²) in [5.74, 6) is 0.277. The van der Waals surface area contributed by atoms with Crippen LogP contribution >= 0.6 is 22.6 Å². The van der Waals surface area contributed by atoms with Gasteiger partial charge in [0, 0.05) is 12.3 Å². The molecule has 21 heavy (non-hydrogen) atoms. The maximum atomic E-state index is 11.4. The highest BCUT2D eigenvalue weighted by Crippen LogP contribution is 2.33. The molecule has 0 fully saturated rings. The van der Waals surface area contributed by atoms with Crippen LogP contribution in [0.3, 0.4) is 0 Å². The van der Waals surface area contributed by atoms with Gasteiger partial charge in [-0.15, -0.1) is 0 Å². The van der Waals surface area contributed by atoms with Crippen LogP contribution in [0.25, 0.3) is 0 Å². The molecule has 0 unspecified atom stereocenters. The first-order valence-corrected chi connectivity index (χ1v) is 6.84. The number of nitrogens with two attached hydrogens (primary N) is 1. The highest BCUT2D eigenvalue weighted by molar-refractivity contribution is 14.1. The Morgan fingerprint density at radius 1 is 1.43 bits per heavy atom. The van der Waals surface area contributed by atoms with Crippen LogP contribution in [-0.2, 0) is 4.74 Å². The number of aromatic nitrogens is 1. The molecule has 0 spiro atoms. The monoisotopic (exact) mass is 395 g/mol. The second-order valence-corrected chi connectivity index (χ2v) is 5.12. The van der Waals surface area contributed by atoms with E-state index < -0.39 is 5.97 Å². The molecule has 1 aromatic heterocycles. The fraction of sp³-hybridized carbons (Fsp3) is 0.0714. The van der Waals surface area contributed by atoms with E-state index in [4.69, 9.17) is 15.7 Å². The lowest BCUT2D eigenvalue weighted by Gasteiger charge is -2.11. The van der Waals surface area contributed by atoms with Crippen molar-refractivity contribution in [3.63, 3.8) is 0 Å². The molecule has 0 aliphatic rings. The average molecular weight is 395 g/mol. The Morgan fingerprint density at radius 3 is 2.81 bits per heavy atom. The Kier molecular flexibility index (Phi) is 4.59. The molecule has 0 radical (unpaired) electrons. The van der Waals surface area contributed by atoms with Gasteiger partial charge in [-0.3, -0.25) is 0 Å². The summed E-state index contributed by atoms with van der Waals surface area (Å²) >= 11 is 2.03. The maximum Gasteiger partial charge on any atom is 0.356 e. The molecule has 0 amide bonds. The Balaban J connectivity index is 2.35. The molecule has 2 N–H and O–H groups in total. The number of halogens is 1. The molecular formula is C14H10IN3O3. The zero-order chi connectivity index (χ0) is 15.4. The van der Waals surface area contributed by atoms with Gasteiger partial charge in [0.15, 0.2) is 11.4 Å². The van der Waals surface area contributed by atoms with Gasteiger partial charge in [-0.25, -0.2) is 9.78 Å². The average Bonchev–Trinajstić information content (AvgIpc) is 2.50. The summed E-state index contributed by atoms with van der Waals surface area (Å²) in [5, 5.41) is 8.88. The molecule has 1 heterocycles. The van der Waals surface area contributed by atoms with Gasteiger partial charge in [-0.2, -0.15) is 5.26 Å². The van der Waals surface area contributed by atoms with E-state index in [0.29, 0.717) is 26.3 Å². The second kappa shape index (κ2) is 6.41. The lowest BCUT2D eigenvalue weighted by molar-refractivity contribution is 0.0593. The third-order valence-electron chi connectivity index (χ3n) is 2.55. The number of methoxy groups -OCH3 is 1. The van der Waals surface area contributed by atoms with Crippen LogP contribution in [-0.4, -0.2) is 18.1 Å². The summed E-state index contributed by atoms with van der Waals surface area (Å²) in [6.45, 7) is 0. The summed E-state index contributed by atoms with van der Waals surface area (Å²) in [4.78, 5) is 15.3. The number of nitrogens with zero attached hydrogens (tertiary/aromatic N) is 2. The van der Waals surface area contributed by atoms with Crippen LogP contribution in [0.1, 0.15) is 16.1 Å². The molecule has 0 bridgehead atoms. The van der Waals surface area contributed by atoms with E-state index in [1.165, 1.54) is 25.4 Å². The van der Waals surface area contributed by atoms with Gasteiger partial charge in [0.1, 0.15) is 5.75 Å². The van der Waals surface area contributed by atoms with Crippen LogP contribution in [0.5, 0.6) is 11.5 Å². The Bertz CT molecular complexity index is 717. The normalized spacial score (nSPS) is 9.76. The third-order valence-corrected chi connectivity index (χ3v) is 3.35. The molecule has 0 saturated heterocycles. The molecular weight excluding hydrogens is 385 g/mol. The minimum Gasteiger partial charge on any atom is -0.464 e. The lowest BCUT2D eigenvalue weighted by atomic mass is 10.2. The van der Waals surface area contributed by atoms with E-state index in [0.717, 1.165) is 0 Å². The standard InChI is InChI=1S/C14H10IN3O3/c1-20-14(19)12-6-9(2-3-18-12)21-13-10(15)4-8(7-16)5-11(13)17/h2-6H,17H2,1H3. The van der Waals surface area contributed by atoms with Gasteiger partial charge in [-0.1, -0.05) is 0 Å². The van der Waals surface area contributed by atoms with Crippen molar-refractivity contribution in [2.45, 2.75) is 0 Å². The zero-order valence-electron chi connectivity index (χ0n) is 11.0. The predicted molar refractivity (Wildman–Crippen MR) is 83.9 cm³/mol. The minimum atomic E-state index is -0.553. The first-order valence-electron chi connectivity index (χ1n) is 5.76. The number of esters is 1. The fourth-order valence-corrected chi connectivity index (χ4v) is 2.35. The molecule has 0 aliphatic carbocycles. The van der Waals surface area contributed by atoms with Gasteiger partial charge in [0.05, 0.1) is 28.0 Å². The molecule has 1 aromatic carbocycles. The van der Waals surface area contributed by atoms with Gasteiger partial charge in [0.25, 0.3) is 0 Å². The van der Waals surface area contributed by atoms with Crippen molar-refractivity contribution in [3.8, 4) is 17.6 Å². The Labute approximate surface area is 134 Å². The van der Waals surface area contributed by atoms with Gasteiger partial charge >= 0.3 is 5.97 Å². The van der Waals surface area contributed by atoms with Crippen molar-refractivity contribution >= 4 is 34.2 Å². The smallest absolute Gasteiger partial charge is 0.356 e. The highest BCUT2D eigenvalue weighted by Gasteiger charge is 2.12. The minimum absolute atomic E-state index is 0.136.